The molecule has 0 bridgehead atoms. The number of nitrogens with one attached hydrogen (secondary N) is 2. The molecule has 4 aromatic rings. The first-order valence-corrected chi connectivity index (χ1v) is 14.8. The number of carbonyl (C=O) groups is 1. The number of ether oxygens (including phenoxy) is 2. The van der Waals surface area contributed by atoms with Crippen LogP contribution in [0.15, 0.2) is 67.6 Å². The predicted octanol–water partition coefficient (Wildman–Crippen LogP) is 5.79. The number of aromatic nitrogens is 3. The van der Waals surface area contributed by atoms with Crippen LogP contribution in [0.2, 0.25) is 0 Å². The van der Waals surface area contributed by atoms with Gasteiger partial charge in [-0.2, -0.15) is 5.26 Å². The first kappa shape index (κ1) is 29.6. The van der Waals surface area contributed by atoms with Crippen LogP contribution < -0.4 is 25.0 Å². The normalized spacial score (nSPS) is 16.7. The molecule has 1 amide bonds. The molecular formula is C33H33FN8O3. The molecule has 2 aliphatic rings. The molecule has 0 radical (unpaired) electrons. The second-order valence-corrected chi connectivity index (χ2v) is 10.9. The second kappa shape index (κ2) is 13.1. The third-order valence-electron chi connectivity index (χ3n) is 8.14. The predicted molar refractivity (Wildman–Crippen MR) is 169 cm³/mol. The third kappa shape index (κ3) is 6.43. The Morgan fingerprint density at radius 2 is 1.89 bits per heavy atom. The van der Waals surface area contributed by atoms with E-state index >= 15 is 4.39 Å². The zero-order chi connectivity index (χ0) is 31.3. The molecule has 2 aromatic heterocycles. The topological polar surface area (TPSA) is 129 Å². The molecule has 45 heavy (non-hydrogen) atoms. The fraction of sp³-hybridized carbons (Fsp3) is 0.303. The molecule has 11 nitrogen and oxygen atoms in total. The minimum absolute atomic E-state index is 0.0600. The smallest absolute Gasteiger partial charge is 0.245 e. The zero-order valence-electron chi connectivity index (χ0n) is 24.9. The van der Waals surface area contributed by atoms with Crippen molar-refractivity contribution in [3.63, 3.8) is 0 Å². The molecule has 4 heterocycles. The van der Waals surface area contributed by atoms with Gasteiger partial charge < -0.3 is 29.9 Å². The molecule has 230 valence electrons. The number of halogens is 1. The number of hydrogen-bond acceptors (Lipinski definition) is 10. The Kier molecular flexibility index (Phi) is 8.59. The minimum Gasteiger partial charge on any atom is -0.495 e. The standard InChI is InChI=1S/C33H33FN8O3/c1-3-32(43)41-13-9-21(10-14-41)39-29-17-25-28(18-30(29)44-2)37-20-38-33(25)40-27-7-6-23(15-26(27)34)45-24-8-11-36-31(16-24)42-12-4-5-22(42)19-35/h3,6-8,11,15-18,20-22,39H,1,4-5,9-10,12-14H2,2H3,(H,37,38,40)/t22-/m0/s1. The summed E-state index contributed by atoms with van der Waals surface area (Å²) in [7, 11) is 1.60. The molecule has 2 saturated heterocycles. The zero-order valence-corrected chi connectivity index (χ0v) is 24.9. The van der Waals surface area contributed by atoms with Crippen LogP contribution in [0, 0.1) is 17.1 Å². The van der Waals surface area contributed by atoms with Crippen LogP contribution in [0.25, 0.3) is 10.9 Å². The largest absolute Gasteiger partial charge is 0.495 e. The van der Waals surface area contributed by atoms with Crippen molar-refractivity contribution in [2.24, 2.45) is 0 Å². The summed E-state index contributed by atoms with van der Waals surface area (Å²) in [5, 5.41) is 16.8. The van der Waals surface area contributed by atoms with Crippen LogP contribution in [0.5, 0.6) is 17.2 Å². The van der Waals surface area contributed by atoms with E-state index in [9.17, 15) is 10.1 Å². The fourth-order valence-corrected chi connectivity index (χ4v) is 5.78. The van der Waals surface area contributed by atoms with E-state index in [2.05, 4.69) is 38.2 Å². The maximum atomic E-state index is 15.4. The van der Waals surface area contributed by atoms with Crippen LogP contribution in [0.3, 0.4) is 0 Å². The van der Waals surface area contributed by atoms with Crippen molar-refractivity contribution >= 4 is 39.8 Å². The fourth-order valence-electron chi connectivity index (χ4n) is 5.78. The number of methoxy groups -OCH3 is 1. The number of nitriles is 1. The molecule has 0 spiro atoms. The highest BCUT2D eigenvalue weighted by Crippen LogP contribution is 2.36. The van der Waals surface area contributed by atoms with Gasteiger partial charge in [-0.15, -0.1) is 0 Å². The van der Waals surface area contributed by atoms with E-state index in [1.807, 2.05) is 17.0 Å². The molecule has 12 heteroatoms. The molecule has 0 aliphatic carbocycles. The average molecular weight is 609 g/mol. The minimum atomic E-state index is -0.523. The number of likely N-dealkylation sites (tertiary alicyclic amines) is 1. The molecule has 2 N–H and O–H groups in total. The highest BCUT2D eigenvalue weighted by Gasteiger charge is 2.26. The molecule has 2 aliphatic heterocycles. The van der Waals surface area contributed by atoms with E-state index < -0.39 is 5.82 Å². The summed E-state index contributed by atoms with van der Waals surface area (Å²) < 4.78 is 27.0. The number of amides is 1. The SMILES string of the molecule is C=CC(=O)N1CCC(Nc2cc3c(Nc4ccc(Oc5ccnc(N6CCC[C@H]6C#N)c5)cc4F)ncnc3cc2OC)CC1. The van der Waals surface area contributed by atoms with Gasteiger partial charge in [-0.3, -0.25) is 4.79 Å². The van der Waals surface area contributed by atoms with Gasteiger partial charge in [-0.05, 0) is 56.0 Å². The Morgan fingerprint density at radius 3 is 2.64 bits per heavy atom. The first-order valence-electron chi connectivity index (χ1n) is 14.8. The van der Waals surface area contributed by atoms with Gasteiger partial charge in [-0.25, -0.2) is 19.3 Å². The molecule has 2 fully saturated rings. The van der Waals surface area contributed by atoms with Crippen molar-refractivity contribution in [3.05, 3.63) is 73.5 Å². The summed E-state index contributed by atoms with van der Waals surface area (Å²) in [6.45, 7) is 5.60. The number of pyridine rings is 1. The van der Waals surface area contributed by atoms with E-state index in [0.717, 1.165) is 37.9 Å². The molecule has 1 atom stereocenters. The van der Waals surface area contributed by atoms with Gasteiger partial charge in [0.15, 0.2) is 0 Å². The van der Waals surface area contributed by atoms with Gasteiger partial charge in [0, 0.05) is 55.5 Å². The Morgan fingerprint density at radius 1 is 1.07 bits per heavy atom. The van der Waals surface area contributed by atoms with E-state index in [1.54, 1.807) is 42.5 Å². The Hall–Kier alpha value is -5.44. The lowest BCUT2D eigenvalue weighted by molar-refractivity contribution is -0.126. The van der Waals surface area contributed by atoms with Crippen molar-refractivity contribution in [2.75, 3.05) is 42.3 Å². The lowest BCUT2D eigenvalue weighted by atomic mass is 10.0. The van der Waals surface area contributed by atoms with Gasteiger partial charge >= 0.3 is 0 Å². The molecule has 2 aromatic carbocycles. The van der Waals surface area contributed by atoms with Gasteiger partial charge in [-0.1, -0.05) is 6.58 Å². The first-order chi connectivity index (χ1) is 21.9. The van der Waals surface area contributed by atoms with Crippen LogP contribution in [0.4, 0.5) is 27.4 Å². The molecular weight excluding hydrogens is 575 g/mol. The summed E-state index contributed by atoms with van der Waals surface area (Å²) in [6, 6.07) is 14.0. The van der Waals surface area contributed by atoms with E-state index in [1.165, 1.54) is 18.5 Å². The number of benzene rings is 2. The van der Waals surface area contributed by atoms with Gasteiger partial charge in [0.25, 0.3) is 0 Å². The number of piperidine rings is 1. The van der Waals surface area contributed by atoms with E-state index in [0.29, 0.717) is 52.9 Å². The highest BCUT2D eigenvalue weighted by molar-refractivity contribution is 5.95. The Balaban J connectivity index is 1.19. The number of hydrogen-bond donors (Lipinski definition) is 2. The monoisotopic (exact) mass is 608 g/mol. The van der Waals surface area contributed by atoms with Crippen LogP contribution in [-0.4, -0.2) is 64.6 Å². The average Bonchev–Trinajstić information content (AvgIpc) is 3.55. The van der Waals surface area contributed by atoms with Crippen LogP contribution in [0.1, 0.15) is 25.7 Å². The number of rotatable bonds is 9. The molecule has 0 unspecified atom stereocenters. The Labute approximate surface area is 260 Å². The summed E-state index contributed by atoms with van der Waals surface area (Å²) in [6.07, 6.45) is 7.65. The highest BCUT2D eigenvalue weighted by atomic mass is 19.1. The third-order valence-corrected chi connectivity index (χ3v) is 8.14. The lowest BCUT2D eigenvalue weighted by Gasteiger charge is -2.32. The number of nitrogens with zero attached hydrogens (tertiary/aromatic N) is 6. The number of carbonyl (C=O) groups excluding carboxylic acids is 1. The van der Waals surface area contributed by atoms with Crippen molar-refractivity contribution in [1.82, 2.24) is 19.9 Å². The Bertz CT molecular complexity index is 1770. The summed E-state index contributed by atoms with van der Waals surface area (Å²) >= 11 is 0. The summed E-state index contributed by atoms with van der Waals surface area (Å²) in [4.78, 5) is 28.9. The maximum absolute atomic E-state index is 15.4. The van der Waals surface area contributed by atoms with E-state index in [4.69, 9.17) is 9.47 Å². The summed E-state index contributed by atoms with van der Waals surface area (Å²) in [5.41, 5.74) is 1.61. The van der Waals surface area contributed by atoms with Gasteiger partial charge in [0.05, 0.1) is 30.1 Å². The van der Waals surface area contributed by atoms with Crippen LogP contribution in [-0.2, 0) is 4.79 Å². The summed E-state index contributed by atoms with van der Waals surface area (Å²) in [5.74, 6) is 1.94. The van der Waals surface area contributed by atoms with Crippen molar-refractivity contribution < 1.29 is 18.7 Å². The number of anilines is 4. The lowest BCUT2D eigenvalue weighted by Crippen LogP contribution is -2.41. The van der Waals surface area contributed by atoms with Crippen molar-refractivity contribution in [2.45, 2.75) is 37.8 Å². The second-order valence-electron chi connectivity index (χ2n) is 10.9. The molecule has 0 saturated carbocycles. The van der Waals surface area contributed by atoms with Crippen molar-refractivity contribution in [1.29, 1.82) is 5.26 Å². The number of fused-ring (bicyclic) bond motifs is 1. The van der Waals surface area contributed by atoms with E-state index in [-0.39, 0.29) is 23.7 Å². The van der Waals surface area contributed by atoms with Crippen molar-refractivity contribution in [3.8, 4) is 23.3 Å². The quantitative estimate of drug-likeness (QED) is 0.225. The van der Waals surface area contributed by atoms with Gasteiger partial charge in [0.1, 0.15) is 47.1 Å². The maximum Gasteiger partial charge on any atom is 0.245 e. The van der Waals surface area contributed by atoms with Crippen LogP contribution >= 0.6 is 0 Å². The van der Waals surface area contributed by atoms with Gasteiger partial charge in [0.2, 0.25) is 5.91 Å². The molecule has 6 rings (SSSR count).